The number of imide groups is 1. The van der Waals surface area contributed by atoms with Crippen LogP contribution in [0.2, 0.25) is 5.02 Å². The van der Waals surface area contributed by atoms with Gasteiger partial charge >= 0.3 is 5.97 Å². The molecule has 7 nitrogen and oxygen atoms in total. The maximum atomic E-state index is 13.0. The topological polar surface area (TPSA) is 84.9 Å². The van der Waals surface area contributed by atoms with Gasteiger partial charge in [0.25, 0.3) is 11.8 Å². The Morgan fingerprint density at radius 3 is 2.26 bits per heavy atom. The number of nitrogens with one attached hydrogen (secondary N) is 1. The largest absolute Gasteiger partial charge is 0.495 e. The summed E-state index contributed by atoms with van der Waals surface area (Å²) in [5.74, 6) is -2.08. The molecule has 3 aromatic carbocycles. The Labute approximate surface area is 203 Å². The highest BCUT2D eigenvalue weighted by atomic mass is 35.5. The third-order valence-electron chi connectivity index (χ3n) is 4.82. The van der Waals surface area contributed by atoms with Crippen molar-refractivity contribution in [3.63, 3.8) is 0 Å². The van der Waals surface area contributed by atoms with E-state index >= 15 is 0 Å². The van der Waals surface area contributed by atoms with Crippen molar-refractivity contribution in [2.45, 2.75) is 0 Å². The predicted octanol–water partition coefficient (Wildman–Crippen LogP) is 5.14. The number of carbonyl (C=O) groups is 3. The van der Waals surface area contributed by atoms with Crippen LogP contribution in [0.1, 0.15) is 10.4 Å². The van der Waals surface area contributed by atoms with Gasteiger partial charge in [-0.1, -0.05) is 23.2 Å². The molecular weight excluding hydrogens is 486 g/mol. The molecule has 1 aliphatic heterocycles. The summed E-state index contributed by atoms with van der Waals surface area (Å²) in [6, 6.07) is 15.5. The monoisotopic (exact) mass is 500 g/mol. The fourth-order valence-corrected chi connectivity index (χ4v) is 3.55. The van der Waals surface area contributed by atoms with E-state index in [9.17, 15) is 18.8 Å². The summed E-state index contributed by atoms with van der Waals surface area (Å²) < 4.78 is 23.4. The molecule has 4 rings (SSSR count). The number of rotatable bonds is 6. The molecule has 2 amide bonds. The number of esters is 1. The van der Waals surface area contributed by atoms with Crippen LogP contribution in [0.15, 0.2) is 77.5 Å². The minimum absolute atomic E-state index is 0.143. The number of benzene rings is 3. The number of carbonyl (C=O) groups excluding carboxylic acids is 3. The molecule has 0 saturated heterocycles. The normalized spacial score (nSPS) is 13.4. The molecule has 1 aliphatic rings. The number of amides is 2. The van der Waals surface area contributed by atoms with Crippen molar-refractivity contribution in [3.05, 3.63) is 93.9 Å². The fraction of sp³-hybridized carbons (Fsp3) is 0.0417. The van der Waals surface area contributed by atoms with Crippen molar-refractivity contribution in [2.24, 2.45) is 0 Å². The molecule has 0 saturated carbocycles. The molecule has 172 valence electrons. The maximum Gasteiger partial charge on any atom is 0.343 e. The molecule has 0 unspecified atom stereocenters. The lowest BCUT2D eigenvalue weighted by molar-refractivity contribution is -0.120. The number of hydrogen-bond acceptors (Lipinski definition) is 6. The van der Waals surface area contributed by atoms with Crippen molar-refractivity contribution < 1.29 is 28.2 Å². The van der Waals surface area contributed by atoms with E-state index < -0.39 is 23.6 Å². The zero-order valence-electron chi connectivity index (χ0n) is 17.5. The van der Waals surface area contributed by atoms with Gasteiger partial charge in [0.05, 0.1) is 18.4 Å². The van der Waals surface area contributed by atoms with Gasteiger partial charge in [-0.3, -0.25) is 9.59 Å². The molecule has 1 heterocycles. The highest BCUT2D eigenvalue weighted by Gasteiger charge is 2.40. The Bertz CT molecular complexity index is 1320. The van der Waals surface area contributed by atoms with E-state index in [4.69, 9.17) is 32.7 Å². The van der Waals surface area contributed by atoms with Gasteiger partial charge in [-0.2, -0.15) is 0 Å². The van der Waals surface area contributed by atoms with Crippen molar-refractivity contribution >= 4 is 52.4 Å². The lowest BCUT2D eigenvalue weighted by Crippen LogP contribution is -2.32. The van der Waals surface area contributed by atoms with Crippen molar-refractivity contribution in [3.8, 4) is 11.5 Å². The first-order valence-electron chi connectivity index (χ1n) is 9.75. The second-order valence-electron chi connectivity index (χ2n) is 7.00. The standard InChI is InChI=1S/C24H15Cl2FN2O5/c1-33-19-11-4-14(25)12-18(19)29-22(30)20(26)21(23(29)31)28-16-7-2-13(3-8-16)24(32)34-17-9-5-15(27)6-10-17/h2-12,28H,1H3. The average molecular weight is 501 g/mol. The van der Waals surface area contributed by atoms with Gasteiger partial charge in [0.15, 0.2) is 0 Å². The van der Waals surface area contributed by atoms with Crippen LogP contribution in [0, 0.1) is 5.82 Å². The molecular formula is C24H15Cl2FN2O5. The minimum atomic E-state index is -0.741. The quantitative estimate of drug-likeness (QED) is 0.286. The summed E-state index contributed by atoms with van der Waals surface area (Å²) in [7, 11) is 1.40. The predicted molar refractivity (Wildman–Crippen MR) is 125 cm³/mol. The number of anilines is 2. The molecule has 0 bridgehead atoms. The summed E-state index contributed by atoms with van der Waals surface area (Å²) in [5.41, 5.74) is 0.621. The lowest BCUT2D eigenvalue weighted by Gasteiger charge is -2.18. The van der Waals surface area contributed by atoms with Crippen LogP contribution in [-0.4, -0.2) is 24.9 Å². The Morgan fingerprint density at radius 1 is 0.941 bits per heavy atom. The van der Waals surface area contributed by atoms with Gasteiger partial charge in [-0.15, -0.1) is 0 Å². The Morgan fingerprint density at radius 2 is 1.62 bits per heavy atom. The van der Waals surface area contributed by atoms with E-state index in [2.05, 4.69) is 5.32 Å². The second-order valence-corrected chi connectivity index (χ2v) is 7.81. The van der Waals surface area contributed by atoms with Crippen molar-refractivity contribution in [1.82, 2.24) is 0 Å². The minimum Gasteiger partial charge on any atom is -0.495 e. The van der Waals surface area contributed by atoms with E-state index in [1.165, 1.54) is 67.8 Å². The summed E-state index contributed by atoms with van der Waals surface area (Å²) in [4.78, 5) is 38.9. The van der Waals surface area contributed by atoms with E-state index in [-0.39, 0.29) is 33.5 Å². The second kappa shape index (κ2) is 9.54. The molecule has 3 aromatic rings. The number of halogens is 3. The number of methoxy groups -OCH3 is 1. The van der Waals surface area contributed by atoms with Gasteiger partial charge in [0.1, 0.15) is 28.0 Å². The Hall–Kier alpha value is -3.88. The Balaban J connectivity index is 1.51. The van der Waals surface area contributed by atoms with Gasteiger partial charge < -0.3 is 14.8 Å². The first kappa shape index (κ1) is 23.3. The number of nitrogens with zero attached hydrogens (tertiary/aromatic N) is 1. The first-order chi connectivity index (χ1) is 16.3. The van der Waals surface area contributed by atoms with Crippen LogP contribution >= 0.6 is 23.2 Å². The molecule has 0 atom stereocenters. The van der Waals surface area contributed by atoms with E-state index in [1.807, 2.05) is 0 Å². The molecule has 0 fully saturated rings. The highest BCUT2D eigenvalue weighted by Crippen LogP contribution is 2.37. The number of ether oxygens (including phenoxy) is 2. The molecule has 1 N–H and O–H groups in total. The number of hydrogen-bond donors (Lipinski definition) is 1. The summed E-state index contributed by atoms with van der Waals surface area (Å²) >= 11 is 12.2. The lowest BCUT2D eigenvalue weighted by atomic mass is 10.2. The zero-order valence-corrected chi connectivity index (χ0v) is 19.0. The SMILES string of the molecule is COc1ccc(Cl)cc1N1C(=O)C(Cl)=C(Nc2ccc(C(=O)Oc3ccc(F)cc3)cc2)C1=O. The van der Waals surface area contributed by atoms with Gasteiger partial charge in [0.2, 0.25) is 0 Å². The molecule has 0 radical (unpaired) electrons. The van der Waals surface area contributed by atoms with Gasteiger partial charge in [-0.25, -0.2) is 14.1 Å². The van der Waals surface area contributed by atoms with Crippen molar-refractivity contribution in [2.75, 3.05) is 17.3 Å². The average Bonchev–Trinajstić information content (AvgIpc) is 3.04. The summed E-state index contributed by atoms with van der Waals surface area (Å²) in [5, 5.41) is 2.80. The molecule has 10 heteroatoms. The van der Waals surface area contributed by atoms with E-state index in [0.29, 0.717) is 10.7 Å². The highest BCUT2D eigenvalue weighted by molar-refractivity contribution is 6.53. The maximum absolute atomic E-state index is 13.0. The van der Waals surface area contributed by atoms with Gasteiger partial charge in [0, 0.05) is 10.7 Å². The smallest absolute Gasteiger partial charge is 0.343 e. The van der Waals surface area contributed by atoms with Crippen LogP contribution in [0.25, 0.3) is 0 Å². The third kappa shape index (κ3) is 4.59. The summed E-state index contributed by atoms with van der Waals surface area (Å²) in [6.07, 6.45) is 0. The molecule has 0 aromatic heterocycles. The molecule has 0 aliphatic carbocycles. The Kier molecular flexibility index (Phi) is 6.54. The van der Waals surface area contributed by atoms with Crippen LogP contribution in [-0.2, 0) is 9.59 Å². The van der Waals surface area contributed by atoms with Gasteiger partial charge in [-0.05, 0) is 66.7 Å². The van der Waals surface area contributed by atoms with Crippen LogP contribution in [0.5, 0.6) is 11.5 Å². The van der Waals surface area contributed by atoms with Crippen LogP contribution in [0.4, 0.5) is 15.8 Å². The van der Waals surface area contributed by atoms with Crippen LogP contribution < -0.4 is 19.7 Å². The summed E-state index contributed by atoms with van der Waals surface area (Å²) in [6.45, 7) is 0. The third-order valence-corrected chi connectivity index (χ3v) is 5.41. The molecule has 0 spiro atoms. The molecule has 34 heavy (non-hydrogen) atoms. The van der Waals surface area contributed by atoms with E-state index in [1.54, 1.807) is 6.07 Å². The zero-order chi connectivity index (χ0) is 24.4. The first-order valence-corrected chi connectivity index (χ1v) is 10.5. The van der Waals surface area contributed by atoms with Crippen LogP contribution in [0.3, 0.4) is 0 Å². The van der Waals surface area contributed by atoms with Crippen molar-refractivity contribution in [1.29, 1.82) is 0 Å². The van der Waals surface area contributed by atoms with E-state index in [0.717, 1.165) is 4.90 Å². The fourth-order valence-electron chi connectivity index (χ4n) is 3.17.